The van der Waals surface area contributed by atoms with E-state index in [0.29, 0.717) is 24.0 Å². The highest BCUT2D eigenvalue weighted by Crippen LogP contribution is 2.25. The number of anilines is 1. The quantitative estimate of drug-likeness (QED) is 0.539. The van der Waals surface area contributed by atoms with Crippen LogP contribution in [0.5, 0.6) is 0 Å². The Hall–Kier alpha value is -1.92. The van der Waals surface area contributed by atoms with Gasteiger partial charge in [-0.2, -0.15) is 0 Å². The molecule has 0 spiro atoms. The van der Waals surface area contributed by atoms with E-state index >= 15 is 0 Å². The van der Waals surface area contributed by atoms with Gasteiger partial charge >= 0.3 is 0 Å². The molecule has 0 aliphatic carbocycles. The summed E-state index contributed by atoms with van der Waals surface area (Å²) < 4.78 is 7.68. The molecule has 0 radical (unpaired) electrons. The van der Waals surface area contributed by atoms with E-state index in [2.05, 4.69) is 39.7 Å². The van der Waals surface area contributed by atoms with E-state index in [1.54, 1.807) is 7.11 Å². The maximum absolute atomic E-state index is 13.3. The third kappa shape index (κ3) is 4.98. The lowest BCUT2D eigenvalue weighted by Gasteiger charge is -2.21. The van der Waals surface area contributed by atoms with Crippen molar-refractivity contribution in [2.45, 2.75) is 59.9 Å². The average Bonchev–Trinajstić information content (AvgIpc) is 2.73. The second-order valence-electron chi connectivity index (χ2n) is 7.01. The van der Waals surface area contributed by atoms with Crippen LogP contribution in [-0.2, 0) is 30.5 Å². The standard InChI is InChI=1S/C23H31BrN2O3/c1-6-16-11-9-12-17(7-2)21(16)25-23(28)19-18(8-3)26(13-10-14-29-5)15(4)20(24)22(19)27/h9,11-12H,6-8,10,13-14H2,1-5H3,(H,25,28). The first-order chi connectivity index (χ1) is 13.9. The van der Waals surface area contributed by atoms with Crippen LogP contribution < -0.4 is 10.7 Å². The van der Waals surface area contributed by atoms with Gasteiger partial charge in [0.2, 0.25) is 5.43 Å². The van der Waals surface area contributed by atoms with Gasteiger partial charge in [0.15, 0.2) is 0 Å². The van der Waals surface area contributed by atoms with E-state index in [1.165, 1.54) is 0 Å². The number of amides is 1. The number of carbonyl (C=O) groups is 1. The largest absolute Gasteiger partial charge is 0.385 e. The maximum Gasteiger partial charge on any atom is 0.261 e. The van der Waals surface area contributed by atoms with Crippen molar-refractivity contribution >= 4 is 27.5 Å². The third-order valence-corrected chi connectivity index (χ3v) is 6.23. The molecule has 5 nitrogen and oxygen atoms in total. The molecule has 0 bridgehead atoms. The fraction of sp³-hybridized carbons (Fsp3) is 0.478. The normalized spacial score (nSPS) is 11.0. The Bertz CT molecular complexity index is 912. The summed E-state index contributed by atoms with van der Waals surface area (Å²) in [6, 6.07) is 6.04. The molecular weight excluding hydrogens is 432 g/mol. The van der Waals surface area contributed by atoms with Crippen molar-refractivity contribution in [2.75, 3.05) is 19.0 Å². The van der Waals surface area contributed by atoms with Crippen LogP contribution in [0, 0.1) is 6.92 Å². The van der Waals surface area contributed by atoms with Gasteiger partial charge in [-0.05, 0) is 59.7 Å². The fourth-order valence-corrected chi connectivity index (χ4v) is 4.12. The summed E-state index contributed by atoms with van der Waals surface area (Å²) in [4.78, 5) is 26.4. The molecule has 0 aliphatic heterocycles. The first kappa shape index (κ1) is 23.4. The summed E-state index contributed by atoms with van der Waals surface area (Å²) in [6.45, 7) is 9.32. The van der Waals surface area contributed by atoms with Gasteiger partial charge < -0.3 is 14.6 Å². The number of pyridine rings is 1. The lowest BCUT2D eigenvalue weighted by atomic mass is 10.0. The second kappa shape index (κ2) is 10.7. The first-order valence-corrected chi connectivity index (χ1v) is 11.0. The Morgan fingerprint density at radius 3 is 2.28 bits per heavy atom. The van der Waals surface area contributed by atoms with Crippen LogP contribution >= 0.6 is 15.9 Å². The third-order valence-electron chi connectivity index (χ3n) is 5.29. The van der Waals surface area contributed by atoms with Gasteiger partial charge in [0.1, 0.15) is 5.56 Å². The molecule has 0 fully saturated rings. The molecule has 1 aromatic heterocycles. The molecule has 1 N–H and O–H groups in total. The van der Waals surface area contributed by atoms with Crippen molar-refractivity contribution in [3.05, 3.63) is 61.0 Å². The summed E-state index contributed by atoms with van der Waals surface area (Å²) in [5.74, 6) is -0.344. The second-order valence-corrected chi connectivity index (χ2v) is 7.81. The van der Waals surface area contributed by atoms with Crippen LogP contribution in [0.4, 0.5) is 5.69 Å². The molecule has 0 atom stereocenters. The van der Waals surface area contributed by atoms with Crippen LogP contribution in [0.15, 0.2) is 27.5 Å². The number of methoxy groups -OCH3 is 1. The van der Waals surface area contributed by atoms with Gasteiger partial charge in [-0.1, -0.05) is 39.0 Å². The highest BCUT2D eigenvalue weighted by Gasteiger charge is 2.23. The maximum atomic E-state index is 13.3. The fourth-order valence-electron chi connectivity index (χ4n) is 3.71. The predicted octanol–water partition coefficient (Wildman–Crippen LogP) is 4.90. The molecule has 0 unspecified atom stereocenters. The van der Waals surface area contributed by atoms with Gasteiger partial charge in [-0.25, -0.2) is 0 Å². The molecule has 1 heterocycles. The van der Waals surface area contributed by atoms with Crippen molar-refractivity contribution in [3.8, 4) is 0 Å². The van der Waals surface area contributed by atoms with Crippen LogP contribution in [0.2, 0.25) is 0 Å². The molecule has 2 aromatic rings. The van der Waals surface area contributed by atoms with Crippen LogP contribution in [0.3, 0.4) is 0 Å². The van der Waals surface area contributed by atoms with Gasteiger partial charge in [0, 0.05) is 37.3 Å². The Morgan fingerprint density at radius 2 is 1.76 bits per heavy atom. The monoisotopic (exact) mass is 462 g/mol. The number of hydrogen-bond donors (Lipinski definition) is 1. The smallest absolute Gasteiger partial charge is 0.261 e. The lowest BCUT2D eigenvalue weighted by molar-refractivity contribution is 0.102. The van der Waals surface area contributed by atoms with Crippen LogP contribution in [0.1, 0.15) is 60.1 Å². The molecule has 2 rings (SSSR count). The topological polar surface area (TPSA) is 60.3 Å². The van der Waals surface area contributed by atoms with E-state index in [1.807, 2.05) is 32.0 Å². The first-order valence-electron chi connectivity index (χ1n) is 10.2. The number of halogens is 1. The SMILES string of the molecule is CCc1cccc(CC)c1NC(=O)c1c(CC)n(CCCOC)c(C)c(Br)c1=O. The zero-order valence-electron chi connectivity index (χ0n) is 18.0. The minimum Gasteiger partial charge on any atom is -0.385 e. The van der Waals surface area contributed by atoms with Gasteiger partial charge in [0.25, 0.3) is 5.91 Å². The van der Waals surface area contributed by atoms with Crippen LogP contribution in [0.25, 0.3) is 0 Å². The molecule has 0 aliphatic rings. The van der Waals surface area contributed by atoms with E-state index in [-0.39, 0.29) is 16.9 Å². The van der Waals surface area contributed by atoms with E-state index < -0.39 is 0 Å². The van der Waals surface area contributed by atoms with Gasteiger partial charge in [0.05, 0.1) is 4.47 Å². The lowest BCUT2D eigenvalue weighted by Crippen LogP contribution is -2.30. The Morgan fingerprint density at radius 1 is 1.14 bits per heavy atom. The molecule has 29 heavy (non-hydrogen) atoms. The number of aromatic nitrogens is 1. The highest BCUT2D eigenvalue weighted by atomic mass is 79.9. The molecule has 158 valence electrons. The van der Waals surface area contributed by atoms with Gasteiger partial charge in [-0.3, -0.25) is 9.59 Å². The zero-order valence-corrected chi connectivity index (χ0v) is 19.6. The van der Waals surface area contributed by atoms with E-state index in [0.717, 1.165) is 47.5 Å². The Labute approximate surface area is 181 Å². The summed E-state index contributed by atoms with van der Waals surface area (Å²) in [5, 5.41) is 3.06. The number of para-hydroxylation sites is 1. The van der Waals surface area contributed by atoms with Crippen molar-refractivity contribution < 1.29 is 9.53 Å². The number of ether oxygens (including phenoxy) is 1. The minimum atomic E-state index is -0.344. The summed E-state index contributed by atoms with van der Waals surface area (Å²) in [6.07, 6.45) is 3.01. The zero-order chi connectivity index (χ0) is 21.6. The van der Waals surface area contributed by atoms with Gasteiger partial charge in [-0.15, -0.1) is 0 Å². The molecule has 1 amide bonds. The van der Waals surface area contributed by atoms with Crippen molar-refractivity contribution in [1.82, 2.24) is 4.57 Å². The number of nitrogens with zero attached hydrogens (tertiary/aromatic N) is 1. The summed E-state index contributed by atoms with van der Waals surface area (Å²) in [5.41, 5.74) is 4.53. The average molecular weight is 463 g/mol. The number of aryl methyl sites for hydroxylation is 2. The highest BCUT2D eigenvalue weighted by molar-refractivity contribution is 9.10. The van der Waals surface area contributed by atoms with Crippen molar-refractivity contribution in [3.63, 3.8) is 0 Å². The summed E-state index contributed by atoms with van der Waals surface area (Å²) >= 11 is 3.42. The molecule has 1 aromatic carbocycles. The number of benzene rings is 1. The van der Waals surface area contributed by atoms with E-state index in [9.17, 15) is 9.59 Å². The van der Waals surface area contributed by atoms with Crippen LogP contribution in [-0.4, -0.2) is 24.2 Å². The number of hydrogen-bond acceptors (Lipinski definition) is 3. The molecule has 6 heteroatoms. The van der Waals surface area contributed by atoms with Crippen molar-refractivity contribution in [1.29, 1.82) is 0 Å². The Balaban J connectivity index is 2.57. The number of carbonyl (C=O) groups excluding carboxylic acids is 1. The van der Waals surface area contributed by atoms with E-state index in [4.69, 9.17) is 4.74 Å². The molecular formula is C23H31BrN2O3. The molecule has 0 saturated heterocycles. The predicted molar refractivity (Wildman–Crippen MR) is 122 cm³/mol. The number of nitrogens with one attached hydrogen (secondary N) is 1. The molecule has 0 saturated carbocycles. The Kier molecular flexibility index (Phi) is 8.65. The minimum absolute atomic E-state index is 0.218. The summed E-state index contributed by atoms with van der Waals surface area (Å²) in [7, 11) is 1.67. The number of rotatable bonds is 9. The van der Waals surface area contributed by atoms with Crippen molar-refractivity contribution in [2.24, 2.45) is 0 Å².